The van der Waals surface area contributed by atoms with Crippen molar-refractivity contribution in [2.75, 3.05) is 44.7 Å². The minimum atomic E-state index is 0. The fraction of sp³-hybridized carbons (Fsp3) is 0.650. The smallest absolute Gasteiger partial charge is 0.191 e. The molecule has 3 N–H and O–H groups in total. The van der Waals surface area contributed by atoms with E-state index >= 15 is 0 Å². The zero-order chi connectivity index (χ0) is 19.0. The van der Waals surface area contributed by atoms with Crippen LogP contribution in [0.25, 0.3) is 0 Å². The fourth-order valence-electron chi connectivity index (χ4n) is 3.10. The van der Waals surface area contributed by atoms with Crippen molar-refractivity contribution in [1.29, 1.82) is 0 Å². The van der Waals surface area contributed by atoms with Gasteiger partial charge in [-0.1, -0.05) is 12.1 Å². The summed E-state index contributed by atoms with van der Waals surface area (Å²) in [7, 11) is 1.73. The van der Waals surface area contributed by atoms with E-state index in [0.717, 1.165) is 56.5 Å². The first-order valence-electron chi connectivity index (χ1n) is 9.61. The second-order valence-electron chi connectivity index (χ2n) is 7.69. The van der Waals surface area contributed by atoms with Crippen LogP contribution in [-0.2, 0) is 0 Å². The van der Waals surface area contributed by atoms with Gasteiger partial charge in [-0.2, -0.15) is 0 Å². The molecule has 0 bridgehead atoms. The number of halogens is 1. The van der Waals surface area contributed by atoms with Crippen LogP contribution in [0.1, 0.15) is 34.1 Å². The van der Waals surface area contributed by atoms with E-state index in [1.807, 2.05) is 12.1 Å². The predicted molar refractivity (Wildman–Crippen MR) is 126 cm³/mol. The van der Waals surface area contributed by atoms with E-state index in [-0.39, 0.29) is 29.5 Å². The van der Waals surface area contributed by atoms with Crippen molar-refractivity contribution < 1.29 is 4.74 Å². The molecule has 1 aliphatic heterocycles. The number of nitrogens with one attached hydrogen (secondary N) is 3. The normalized spacial score (nSPS) is 17.4. The predicted octanol–water partition coefficient (Wildman–Crippen LogP) is 2.84. The number of benzene rings is 1. The number of hydrogen-bond acceptors (Lipinski definition) is 4. The summed E-state index contributed by atoms with van der Waals surface area (Å²) in [4.78, 5) is 7.08. The summed E-state index contributed by atoms with van der Waals surface area (Å²) in [6.45, 7) is 13.1. The van der Waals surface area contributed by atoms with Crippen LogP contribution in [0.3, 0.4) is 0 Å². The minimum absolute atomic E-state index is 0. The molecule has 1 fully saturated rings. The molecule has 7 heteroatoms. The van der Waals surface area contributed by atoms with E-state index in [4.69, 9.17) is 9.73 Å². The number of guanidine groups is 1. The van der Waals surface area contributed by atoms with Crippen molar-refractivity contribution in [2.24, 2.45) is 4.99 Å². The Labute approximate surface area is 181 Å². The third-order valence-corrected chi connectivity index (χ3v) is 4.34. The Kier molecular flexibility index (Phi) is 10.2. The van der Waals surface area contributed by atoms with Gasteiger partial charge in [0.05, 0.1) is 19.3 Å². The van der Waals surface area contributed by atoms with Crippen molar-refractivity contribution in [3.05, 3.63) is 24.3 Å². The number of anilines is 1. The summed E-state index contributed by atoms with van der Waals surface area (Å²) in [5, 5.41) is 10.4. The van der Waals surface area contributed by atoms with E-state index in [1.165, 1.54) is 0 Å². The molecule has 1 atom stereocenters. The van der Waals surface area contributed by atoms with Crippen molar-refractivity contribution in [3.63, 3.8) is 0 Å². The number of aliphatic imine (C=N–C) groups is 1. The van der Waals surface area contributed by atoms with Gasteiger partial charge in [-0.15, -0.1) is 24.0 Å². The zero-order valence-electron chi connectivity index (χ0n) is 17.3. The van der Waals surface area contributed by atoms with Gasteiger partial charge in [-0.25, -0.2) is 0 Å². The molecule has 1 aromatic carbocycles. The lowest BCUT2D eigenvalue weighted by molar-refractivity contribution is 0.415. The summed E-state index contributed by atoms with van der Waals surface area (Å²) >= 11 is 0. The molecule has 0 aliphatic carbocycles. The molecule has 0 amide bonds. The summed E-state index contributed by atoms with van der Waals surface area (Å²) < 4.78 is 5.50. The summed E-state index contributed by atoms with van der Waals surface area (Å²) in [6.07, 6.45) is 1.09. The Bertz CT molecular complexity index is 588. The Balaban J connectivity index is 0.00000364. The van der Waals surface area contributed by atoms with Gasteiger partial charge in [0.2, 0.25) is 0 Å². The van der Waals surface area contributed by atoms with Crippen LogP contribution in [0, 0.1) is 0 Å². The van der Waals surface area contributed by atoms with Crippen molar-refractivity contribution in [2.45, 2.75) is 45.7 Å². The molecule has 2 rings (SSSR count). The van der Waals surface area contributed by atoms with Crippen molar-refractivity contribution in [3.8, 4) is 5.75 Å². The average molecular weight is 489 g/mol. The third kappa shape index (κ3) is 8.13. The highest BCUT2D eigenvalue weighted by Crippen LogP contribution is 2.30. The third-order valence-electron chi connectivity index (χ3n) is 4.34. The lowest BCUT2D eigenvalue weighted by atomic mass is 10.1. The monoisotopic (exact) mass is 489 g/mol. The molecule has 0 spiro atoms. The Morgan fingerprint density at radius 1 is 1.30 bits per heavy atom. The molecule has 0 saturated carbocycles. The second kappa shape index (κ2) is 11.6. The van der Waals surface area contributed by atoms with E-state index in [1.54, 1.807) is 7.11 Å². The molecule has 0 aromatic heterocycles. The quantitative estimate of drug-likeness (QED) is 0.238. The van der Waals surface area contributed by atoms with Gasteiger partial charge in [-0.3, -0.25) is 4.99 Å². The average Bonchev–Trinajstić information content (AvgIpc) is 3.06. The molecular weight excluding hydrogens is 453 g/mol. The van der Waals surface area contributed by atoms with Crippen LogP contribution in [0.5, 0.6) is 5.75 Å². The van der Waals surface area contributed by atoms with Crippen LogP contribution < -0.4 is 25.6 Å². The molecule has 1 unspecified atom stereocenters. The lowest BCUT2D eigenvalue weighted by Gasteiger charge is -2.22. The SMILES string of the molecule is CCNC(=NCCNC(C)(C)C)NC1CCN(c2ccccc2OC)C1.I. The van der Waals surface area contributed by atoms with Gasteiger partial charge in [-0.05, 0) is 46.2 Å². The topological polar surface area (TPSA) is 60.9 Å². The summed E-state index contributed by atoms with van der Waals surface area (Å²) in [6, 6.07) is 8.60. The Morgan fingerprint density at radius 2 is 2.04 bits per heavy atom. The molecule has 1 aromatic rings. The summed E-state index contributed by atoms with van der Waals surface area (Å²) in [5.41, 5.74) is 1.29. The van der Waals surface area contributed by atoms with Gasteiger partial charge in [0.25, 0.3) is 0 Å². The van der Waals surface area contributed by atoms with Crippen molar-refractivity contribution >= 4 is 35.6 Å². The fourth-order valence-corrected chi connectivity index (χ4v) is 3.10. The van der Waals surface area contributed by atoms with Crippen molar-refractivity contribution in [1.82, 2.24) is 16.0 Å². The number of para-hydroxylation sites is 2. The molecule has 27 heavy (non-hydrogen) atoms. The highest BCUT2D eigenvalue weighted by Gasteiger charge is 2.25. The standard InChI is InChI=1S/C20H35N5O.HI/c1-6-21-19(22-12-13-23-20(2,3)4)24-16-11-14-25(15-16)17-9-7-8-10-18(17)26-5;/h7-10,16,23H,6,11-15H2,1-5H3,(H2,21,22,24);1H. The van der Waals surface area contributed by atoms with Gasteiger partial charge >= 0.3 is 0 Å². The largest absolute Gasteiger partial charge is 0.495 e. The van der Waals surface area contributed by atoms with Crippen LogP contribution in [-0.4, -0.2) is 57.4 Å². The second-order valence-corrected chi connectivity index (χ2v) is 7.69. The van der Waals surface area contributed by atoms with Crippen LogP contribution >= 0.6 is 24.0 Å². The molecule has 0 radical (unpaired) electrons. The van der Waals surface area contributed by atoms with Crippen LogP contribution in [0.4, 0.5) is 5.69 Å². The van der Waals surface area contributed by atoms with Gasteiger partial charge < -0.3 is 25.6 Å². The molecule has 1 saturated heterocycles. The highest BCUT2D eigenvalue weighted by molar-refractivity contribution is 14.0. The van der Waals surface area contributed by atoms with E-state index in [2.05, 4.69) is 60.7 Å². The van der Waals surface area contributed by atoms with E-state index < -0.39 is 0 Å². The lowest BCUT2D eigenvalue weighted by Crippen LogP contribution is -2.45. The number of methoxy groups -OCH3 is 1. The maximum Gasteiger partial charge on any atom is 0.191 e. The maximum atomic E-state index is 5.50. The molecular formula is C20H36IN5O. The maximum absolute atomic E-state index is 5.50. The number of nitrogens with zero attached hydrogens (tertiary/aromatic N) is 2. The minimum Gasteiger partial charge on any atom is -0.495 e. The van der Waals surface area contributed by atoms with Gasteiger partial charge in [0.1, 0.15) is 5.75 Å². The van der Waals surface area contributed by atoms with E-state index in [0.29, 0.717) is 6.04 Å². The zero-order valence-corrected chi connectivity index (χ0v) is 19.7. The number of ether oxygens (including phenoxy) is 1. The number of rotatable bonds is 7. The van der Waals surface area contributed by atoms with Crippen LogP contribution in [0.15, 0.2) is 29.3 Å². The Hall–Kier alpha value is -1.22. The first-order valence-corrected chi connectivity index (χ1v) is 9.61. The highest BCUT2D eigenvalue weighted by atomic mass is 127. The Morgan fingerprint density at radius 3 is 2.70 bits per heavy atom. The number of hydrogen-bond donors (Lipinski definition) is 3. The van der Waals surface area contributed by atoms with E-state index in [9.17, 15) is 0 Å². The van der Waals surface area contributed by atoms with Gasteiger partial charge in [0, 0.05) is 37.8 Å². The summed E-state index contributed by atoms with van der Waals surface area (Å²) in [5.74, 6) is 1.83. The first kappa shape index (κ1) is 23.8. The van der Waals surface area contributed by atoms with Gasteiger partial charge in [0.15, 0.2) is 5.96 Å². The molecule has 1 aliphatic rings. The molecule has 154 valence electrons. The molecule has 6 nitrogen and oxygen atoms in total. The van der Waals surface area contributed by atoms with Crippen LogP contribution in [0.2, 0.25) is 0 Å². The molecule has 1 heterocycles. The first-order chi connectivity index (χ1) is 12.4.